The molecular weight excluding hydrogens is 365 g/mol. The summed E-state index contributed by atoms with van der Waals surface area (Å²) in [7, 11) is 1.58. The maximum absolute atomic E-state index is 14.7. The van der Waals surface area contributed by atoms with Gasteiger partial charge in [-0.2, -0.15) is 0 Å². The molecule has 0 N–H and O–H groups in total. The summed E-state index contributed by atoms with van der Waals surface area (Å²) in [6, 6.07) is 8.93. The Balaban J connectivity index is 2.08. The number of allylic oxidation sites excluding steroid dienone is 2. The fourth-order valence-corrected chi connectivity index (χ4v) is 3.53. The van der Waals surface area contributed by atoms with Gasteiger partial charge in [0.2, 0.25) is 0 Å². The molecular formula is C16H12BBrF2N2O. The van der Waals surface area contributed by atoms with Crippen molar-refractivity contribution in [1.82, 2.24) is 4.48 Å². The number of benzene rings is 1. The van der Waals surface area contributed by atoms with E-state index in [1.54, 1.807) is 31.4 Å². The van der Waals surface area contributed by atoms with Crippen molar-refractivity contribution < 1.29 is 17.9 Å². The second-order valence-electron chi connectivity index (χ2n) is 5.41. The Kier molecular flexibility index (Phi) is 3.09. The Morgan fingerprint density at radius 3 is 2.87 bits per heavy atom. The highest BCUT2D eigenvalue weighted by molar-refractivity contribution is 9.10. The fraction of sp³-hybridized carbons (Fsp3) is 0.0625. The maximum atomic E-state index is 14.7. The van der Waals surface area contributed by atoms with Crippen LogP contribution < -0.4 is 4.74 Å². The van der Waals surface area contributed by atoms with Gasteiger partial charge in [0, 0.05) is 27.9 Å². The van der Waals surface area contributed by atoms with Crippen LogP contribution in [0.25, 0.3) is 5.57 Å². The standard InChI is InChI=1S/C16H12BBrF2N2O/c1-23-15-7-6-11(18)10-12(15)16-13-4-2-8-21(13)17(19,20)22-9-3-5-14(16)22/h2-10H,1H3. The van der Waals surface area contributed by atoms with Crippen LogP contribution in [0.4, 0.5) is 8.63 Å². The lowest BCUT2D eigenvalue weighted by atomic mass is 9.86. The third-order valence-corrected chi connectivity index (χ3v) is 4.66. The number of nitrogens with zero attached hydrogens (tertiary/aromatic N) is 2. The SMILES string of the molecule is COc1ccc(Br)cc1C1=C2C=CC=[N+]2[B-](F)(F)n2cccc21. The first-order chi connectivity index (χ1) is 11.0. The molecule has 0 unspecified atom stereocenters. The van der Waals surface area contributed by atoms with Gasteiger partial charge in [-0.25, -0.2) is 0 Å². The molecule has 1 aromatic carbocycles. The molecule has 0 amide bonds. The topological polar surface area (TPSA) is 17.2 Å². The van der Waals surface area contributed by atoms with E-state index in [-0.39, 0.29) is 0 Å². The highest BCUT2D eigenvalue weighted by Gasteiger charge is 2.51. The van der Waals surface area contributed by atoms with Gasteiger partial charge in [0.05, 0.1) is 12.7 Å². The molecule has 7 heteroatoms. The maximum Gasteiger partial charge on any atom is 0.737 e. The van der Waals surface area contributed by atoms with Gasteiger partial charge in [-0.3, -0.25) is 0 Å². The van der Waals surface area contributed by atoms with Crippen molar-refractivity contribution in [3.63, 3.8) is 0 Å². The molecule has 0 saturated heterocycles. The smallest absolute Gasteiger partial charge is 0.496 e. The van der Waals surface area contributed by atoms with Crippen LogP contribution in [-0.4, -0.2) is 29.3 Å². The molecule has 3 nitrogen and oxygen atoms in total. The van der Waals surface area contributed by atoms with Crippen LogP contribution in [0.15, 0.2) is 58.9 Å². The van der Waals surface area contributed by atoms with E-state index < -0.39 is 6.97 Å². The van der Waals surface area contributed by atoms with Crippen molar-refractivity contribution in [2.75, 3.05) is 7.11 Å². The summed E-state index contributed by atoms with van der Waals surface area (Å²) in [5.74, 6) is 0.640. The predicted molar refractivity (Wildman–Crippen MR) is 90.0 cm³/mol. The van der Waals surface area contributed by atoms with E-state index >= 15 is 0 Å². The zero-order chi connectivity index (χ0) is 16.2. The molecule has 4 rings (SSSR count). The molecule has 3 heterocycles. The normalized spacial score (nSPS) is 17.8. The average Bonchev–Trinajstić information content (AvgIpc) is 3.17. The van der Waals surface area contributed by atoms with E-state index in [0.717, 1.165) is 24.6 Å². The monoisotopic (exact) mass is 376 g/mol. The molecule has 2 aliphatic rings. The van der Waals surface area contributed by atoms with Gasteiger partial charge in [-0.15, -0.1) is 0 Å². The summed E-state index contributed by atoms with van der Waals surface area (Å²) < 4.78 is 37.9. The predicted octanol–water partition coefficient (Wildman–Crippen LogP) is 3.91. The minimum absolute atomic E-state index is 0.484. The Labute approximate surface area is 140 Å². The minimum Gasteiger partial charge on any atom is -0.496 e. The molecule has 0 radical (unpaired) electrons. The third kappa shape index (κ3) is 1.96. The van der Waals surface area contributed by atoms with Gasteiger partial charge < -0.3 is 22.3 Å². The molecule has 0 atom stereocenters. The largest absolute Gasteiger partial charge is 0.737 e. The molecule has 0 saturated carbocycles. The van der Waals surface area contributed by atoms with Crippen LogP contribution in [0, 0.1) is 0 Å². The van der Waals surface area contributed by atoms with Crippen LogP contribution in [0.1, 0.15) is 11.3 Å². The minimum atomic E-state index is -3.88. The molecule has 0 spiro atoms. The molecule has 116 valence electrons. The molecule has 0 bridgehead atoms. The Bertz CT molecular complexity index is 915. The van der Waals surface area contributed by atoms with Crippen molar-refractivity contribution in [3.8, 4) is 5.75 Å². The fourth-order valence-electron chi connectivity index (χ4n) is 3.17. The van der Waals surface area contributed by atoms with E-state index in [0.29, 0.717) is 17.1 Å². The summed E-state index contributed by atoms with van der Waals surface area (Å²) in [5.41, 5.74) is 2.47. The van der Waals surface area contributed by atoms with E-state index in [1.165, 1.54) is 12.4 Å². The first-order valence-electron chi connectivity index (χ1n) is 7.12. The average molecular weight is 377 g/mol. The third-order valence-electron chi connectivity index (χ3n) is 4.17. The first-order valence-corrected chi connectivity index (χ1v) is 7.91. The van der Waals surface area contributed by atoms with Crippen molar-refractivity contribution in [3.05, 3.63) is 70.1 Å². The Morgan fingerprint density at radius 1 is 1.26 bits per heavy atom. The lowest BCUT2D eigenvalue weighted by molar-refractivity contribution is -0.356. The second-order valence-corrected chi connectivity index (χ2v) is 6.32. The molecule has 23 heavy (non-hydrogen) atoms. The number of ether oxygens (including phenoxy) is 1. The van der Waals surface area contributed by atoms with Crippen molar-refractivity contribution >= 4 is 34.7 Å². The number of fused-ring (bicyclic) bond motifs is 2. The lowest BCUT2D eigenvalue weighted by Gasteiger charge is -2.31. The van der Waals surface area contributed by atoms with Gasteiger partial charge in [0.15, 0.2) is 5.70 Å². The summed E-state index contributed by atoms with van der Waals surface area (Å²) in [6.45, 7) is -3.88. The summed E-state index contributed by atoms with van der Waals surface area (Å²) >= 11 is 3.45. The number of halogens is 3. The Hall–Kier alpha value is -2.15. The lowest BCUT2D eigenvalue weighted by Crippen LogP contribution is -2.49. The van der Waals surface area contributed by atoms with Crippen LogP contribution >= 0.6 is 15.9 Å². The zero-order valence-corrected chi connectivity index (χ0v) is 13.8. The zero-order valence-electron chi connectivity index (χ0n) is 12.2. The van der Waals surface area contributed by atoms with Crippen molar-refractivity contribution in [2.24, 2.45) is 0 Å². The van der Waals surface area contributed by atoms with E-state index in [9.17, 15) is 8.63 Å². The highest BCUT2D eigenvalue weighted by atomic mass is 79.9. The Morgan fingerprint density at radius 2 is 2.09 bits per heavy atom. The van der Waals surface area contributed by atoms with E-state index in [2.05, 4.69) is 15.9 Å². The second kappa shape index (κ2) is 4.93. The first kappa shape index (κ1) is 14.4. The van der Waals surface area contributed by atoms with Gasteiger partial charge >= 0.3 is 6.97 Å². The van der Waals surface area contributed by atoms with Gasteiger partial charge in [0.1, 0.15) is 12.0 Å². The van der Waals surface area contributed by atoms with Crippen molar-refractivity contribution in [2.45, 2.75) is 0 Å². The van der Waals surface area contributed by atoms with Crippen LogP contribution in [0.2, 0.25) is 0 Å². The number of hydrogen-bond donors (Lipinski definition) is 0. The van der Waals surface area contributed by atoms with Crippen LogP contribution in [-0.2, 0) is 0 Å². The van der Waals surface area contributed by atoms with Crippen molar-refractivity contribution in [1.29, 1.82) is 0 Å². The highest BCUT2D eigenvalue weighted by Crippen LogP contribution is 2.41. The van der Waals surface area contributed by atoms with E-state index in [4.69, 9.17) is 4.74 Å². The van der Waals surface area contributed by atoms with Gasteiger partial charge in [-0.05, 0) is 36.5 Å². The van der Waals surface area contributed by atoms with Crippen LogP contribution in [0.3, 0.4) is 0 Å². The quantitative estimate of drug-likeness (QED) is 0.726. The molecule has 1 aromatic heterocycles. The van der Waals surface area contributed by atoms with Gasteiger partial charge in [0.25, 0.3) is 0 Å². The summed E-state index contributed by atoms with van der Waals surface area (Å²) in [4.78, 5) is 0. The number of aromatic nitrogens is 1. The number of rotatable bonds is 2. The molecule has 0 aliphatic carbocycles. The van der Waals surface area contributed by atoms with Gasteiger partial charge in [-0.1, -0.05) is 15.9 Å². The number of methoxy groups -OCH3 is 1. The number of hydrogen-bond acceptors (Lipinski definition) is 1. The molecule has 2 aliphatic heterocycles. The molecule has 0 fully saturated rings. The summed E-state index contributed by atoms with van der Waals surface area (Å²) in [6.07, 6.45) is 6.19. The van der Waals surface area contributed by atoms with E-state index in [1.807, 2.05) is 18.2 Å². The summed E-state index contributed by atoms with van der Waals surface area (Å²) in [5, 5.41) is 0. The molecule has 2 aromatic rings. The van der Waals surface area contributed by atoms with Crippen LogP contribution in [0.5, 0.6) is 5.75 Å².